The van der Waals surface area contributed by atoms with Gasteiger partial charge in [-0.1, -0.05) is 19.4 Å². The van der Waals surface area contributed by atoms with Gasteiger partial charge in [0.15, 0.2) is 0 Å². The Morgan fingerprint density at radius 3 is 3.00 bits per heavy atom. The van der Waals surface area contributed by atoms with Gasteiger partial charge in [-0.05, 0) is 52.7 Å². The van der Waals surface area contributed by atoms with Gasteiger partial charge >= 0.3 is 0 Å². The summed E-state index contributed by atoms with van der Waals surface area (Å²) in [6.45, 7) is 2.15. The number of halogens is 1. The maximum Gasteiger partial charge on any atom is 0.268 e. The van der Waals surface area contributed by atoms with E-state index in [-0.39, 0.29) is 11.9 Å². The van der Waals surface area contributed by atoms with Gasteiger partial charge in [0.25, 0.3) is 5.91 Å². The molecule has 1 aliphatic carbocycles. The van der Waals surface area contributed by atoms with Crippen molar-refractivity contribution >= 4 is 33.2 Å². The van der Waals surface area contributed by atoms with Crippen LogP contribution in [0.1, 0.15) is 60.1 Å². The van der Waals surface area contributed by atoms with Gasteiger partial charge in [-0.15, -0.1) is 11.3 Å². The number of nitrogens with zero attached hydrogens (tertiary/aromatic N) is 1. The molecule has 1 unspecified atom stereocenters. The summed E-state index contributed by atoms with van der Waals surface area (Å²) < 4.78 is 3.08. The minimum atomic E-state index is 0.0273. The van der Waals surface area contributed by atoms with E-state index in [0.29, 0.717) is 6.04 Å². The molecule has 5 heteroatoms. The second-order valence-electron chi connectivity index (χ2n) is 5.51. The van der Waals surface area contributed by atoms with Gasteiger partial charge in [0.05, 0.1) is 6.04 Å². The zero-order chi connectivity index (χ0) is 14.8. The number of hydrogen-bond donors (Lipinski definition) is 1. The lowest BCUT2D eigenvalue weighted by molar-refractivity contribution is 0.0925. The molecular weight excluding hydrogens is 348 g/mol. The van der Waals surface area contributed by atoms with E-state index in [1.54, 1.807) is 11.3 Å². The molecule has 0 aliphatic heterocycles. The van der Waals surface area contributed by atoms with Crippen LogP contribution < -0.4 is 5.32 Å². The Hall–Kier alpha value is -1.07. The highest BCUT2D eigenvalue weighted by Crippen LogP contribution is 2.37. The van der Waals surface area contributed by atoms with Gasteiger partial charge in [-0.25, -0.2) is 0 Å². The van der Waals surface area contributed by atoms with Crippen LogP contribution in [0, 0.1) is 0 Å². The fourth-order valence-electron chi connectivity index (χ4n) is 2.58. The number of nitrogens with one attached hydrogen (secondary N) is 1. The lowest BCUT2D eigenvalue weighted by atomic mass is 10.1. The minimum absolute atomic E-state index is 0.0273. The maximum absolute atomic E-state index is 12.6. The number of rotatable bonds is 6. The second-order valence-corrected chi connectivity index (χ2v) is 7.41. The van der Waals surface area contributed by atoms with Crippen LogP contribution in [0.15, 0.2) is 34.2 Å². The van der Waals surface area contributed by atoms with E-state index >= 15 is 0 Å². The van der Waals surface area contributed by atoms with Gasteiger partial charge < -0.3 is 9.88 Å². The van der Waals surface area contributed by atoms with Crippen LogP contribution >= 0.6 is 27.3 Å². The van der Waals surface area contributed by atoms with Crippen molar-refractivity contribution in [1.29, 1.82) is 0 Å². The molecule has 1 N–H and O–H groups in total. The van der Waals surface area contributed by atoms with E-state index in [1.165, 1.54) is 17.7 Å². The van der Waals surface area contributed by atoms with Crippen LogP contribution in [0.4, 0.5) is 0 Å². The molecule has 1 fully saturated rings. The molecule has 0 radical (unpaired) electrons. The number of carbonyl (C=O) groups is 1. The van der Waals surface area contributed by atoms with E-state index in [2.05, 4.69) is 44.2 Å². The quantitative estimate of drug-likeness (QED) is 0.773. The van der Waals surface area contributed by atoms with Crippen LogP contribution in [-0.4, -0.2) is 10.5 Å². The number of amides is 1. The number of aromatic nitrogens is 1. The molecule has 3 nitrogen and oxygen atoms in total. The Balaban J connectivity index is 1.78. The molecule has 0 spiro atoms. The highest BCUT2D eigenvalue weighted by Gasteiger charge is 2.28. The number of hydrogen-bond acceptors (Lipinski definition) is 2. The normalized spacial score (nSPS) is 15.9. The summed E-state index contributed by atoms with van der Waals surface area (Å²) in [5, 5.41) is 5.27. The average molecular weight is 367 g/mol. The molecule has 1 saturated carbocycles. The maximum atomic E-state index is 12.6. The van der Waals surface area contributed by atoms with Crippen LogP contribution in [-0.2, 0) is 0 Å². The molecule has 0 saturated heterocycles. The molecule has 2 heterocycles. The van der Waals surface area contributed by atoms with Gasteiger partial charge in [-0.3, -0.25) is 4.79 Å². The van der Waals surface area contributed by atoms with Crippen molar-refractivity contribution in [3.63, 3.8) is 0 Å². The Morgan fingerprint density at radius 1 is 1.57 bits per heavy atom. The molecule has 0 bridgehead atoms. The molecule has 1 atom stereocenters. The topological polar surface area (TPSA) is 34.0 Å². The third kappa shape index (κ3) is 3.40. The first-order chi connectivity index (χ1) is 10.2. The van der Waals surface area contributed by atoms with Crippen molar-refractivity contribution in [2.75, 3.05) is 0 Å². The fourth-order valence-corrected chi connectivity index (χ4v) is 3.83. The zero-order valence-electron chi connectivity index (χ0n) is 12.0. The van der Waals surface area contributed by atoms with Gasteiger partial charge in [0.2, 0.25) is 0 Å². The summed E-state index contributed by atoms with van der Waals surface area (Å²) in [4.78, 5) is 13.9. The zero-order valence-corrected chi connectivity index (χ0v) is 14.4. The van der Waals surface area contributed by atoms with Crippen molar-refractivity contribution in [3.8, 4) is 0 Å². The van der Waals surface area contributed by atoms with Crippen molar-refractivity contribution < 1.29 is 4.79 Å². The molecule has 1 amide bonds. The first kappa shape index (κ1) is 14.9. The summed E-state index contributed by atoms with van der Waals surface area (Å²) in [6.07, 6.45) is 6.38. The van der Waals surface area contributed by atoms with Crippen LogP contribution in [0.2, 0.25) is 0 Å². The van der Waals surface area contributed by atoms with Crippen LogP contribution in [0.5, 0.6) is 0 Å². The van der Waals surface area contributed by atoms with E-state index in [9.17, 15) is 4.79 Å². The Labute approximate surface area is 137 Å². The first-order valence-corrected chi connectivity index (χ1v) is 9.08. The minimum Gasteiger partial charge on any atom is -0.343 e. The monoisotopic (exact) mass is 366 g/mol. The Morgan fingerprint density at radius 2 is 2.38 bits per heavy atom. The van der Waals surface area contributed by atoms with Crippen molar-refractivity contribution in [2.24, 2.45) is 0 Å². The molecule has 2 aromatic rings. The largest absolute Gasteiger partial charge is 0.343 e. The summed E-state index contributed by atoms with van der Waals surface area (Å²) in [5.41, 5.74) is 0.766. The summed E-state index contributed by atoms with van der Waals surface area (Å²) >= 11 is 5.19. The number of thiophene rings is 1. The van der Waals surface area contributed by atoms with E-state index in [0.717, 1.165) is 23.0 Å². The molecule has 3 rings (SSSR count). The highest BCUT2D eigenvalue weighted by atomic mass is 79.9. The smallest absolute Gasteiger partial charge is 0.268 e. The SMILES string of the molecule is CCCC(NC(=O)c1cc(Br)cn1C1CC1)c1cccs1. The Bertz CT molecular complexity index is 616. The average Bonchev–Trinajstić information content (AvgIpc) is 3.00. The third-order valence-electron chi connectivity index (χ3n) is 3.76. The molecule has 2 aromatic heterocycles. The summed E-state index contributed by atoms with van der Waals surface area (Å²) in [7, 11) is 0. The molecule has 21 heavy (non-hydrogen) atoms. The highest BCUT2D eigenvalue weighted by molar-refractivity contribution is 9.10. The molecule has 0 aromatic carbocycles. The van der Waals surface area contributed by atoms with Crippen LogP contribution in [0.25, 0.3) is 0 Å². The first-order valence-electron chi connectivity index (χ1n) is 7.40. The second kappa shape index (κ2) is 6.36. The Kier molecular flexibility index (Phi) is 4.50. The number of carbonyl (C=O) groups excluding carboxylic acids is 1. The standard InChI is InChI=1S/C16H19BrN2OS/c1-2-4-13(15-5-3-8-21-15)18-16(20)14-9-11(17)10-19(14)12-6-7-12/h3,5,8-10,12-13H,2,4,6-7H2,1H3,(H,18,20). The summed E-state index contributed by atoms with van der Waals surface area (Å²) in [6, 6.07) is 6.68. The predicted octanol–water partition coefficient (Wildman–Crippen LogP) is 4.92. The van der Waals surface area contributed by atoms with Crippen molar-refractivity contribution in [1.82, 2.24) is 9.88 Å². The fraction of sp³-hybridized carbons (Fsp3) is 0.438. The lowest BCUT2D eigenvalue weighted by Crippen LogP contribution is -2.29. The van der Waals surface area contributed by atoms with Crippen molar-refractivity contribution in [3.05, 3.63) is 44.8 Å². The van der Waals surface area contributed by atoms with E-state index in [4.69, 9.17) is 0 Å². The third-order valence-corrected chi connectivity index (χ3v) is 5.18. The van der Waals surface area contributed by atoms with E-state index in [1.807, 2.05) is 18.3 Å². The predicted molar refractivity (Wildman–Crippen MR) is 89.8 cm³/mol. The van der Waals surface area contributed by atoms with E-state index < -0.39 is 0 Å². The molecule has 112 valence electrons. The van der Waals surface area contributed by atoms with Crippen molar-refractivity contribution in [2.45, 2.75) is 44.7 Å². The van der Waals surface area contributed by atoms with Gasteiger partial charge in [0.1, 0.15) is 5.69 Å². The van der Waals surface area contributed by atoms with Gasteiger partial charge in [-0.2, -0.15) is 0 Å². The molecular formula is C16H19BrN2OS. The summed E-state index contributed by atoms with van der Waals surface area (Å²) in [5.74, 6) is 0.0273. The van der Waals surface area contributed by atoms with Gasteiger partial charge in [0, 0.05) is 21.6 Å². The molecule has 1 aliphatic rings. The lowest BCUT2D eigenvalue weighted by Gasteiger charge is -2.17. The van der Waals surface area contributed by atoms with Crippen LogP contribution in [0.3, 0.4) is 0 Å².